The molecule has 0 atom stereocenters. The van der Waals surface area contributed by atoms with Crippen LogP contribution in [-0.2, 0) is 21.2 Å². The number of nitrogens with one attached hydrogen (secondary N) is 1. The number of benzene rings is 2. The number of hydrogen-bond acceptors (Lipinski definition) is 5. The Bertz CT molecular complexity index is 905. The lowest BCUT2D eigenvalue weighted by atomic mass is 10.1. The molecule has 2 aromatic carbocycles. The van der Waals surface area contributed by atoms with E-state index in [1.165, 1.54) is 4.31 Å². The topological polar surface area (TPSA) is 84.9 Å². The largest absolute Gasteiger partial charge is 0.497 e. The van der Waals surface area contributed by atoms with E-state index in [-0.39, 0.29) is 17.2 Å². The zero-order valence-electron chi connectivity index (χ0n) is 16.5. The molecule has 0 unspecified atom stereocenters. The molecule has 1 aliphatic rings. The van der Waals surface area contributed by atoms with Gasteiger partial charge in [-0.05, 0) is 54.8 Å². The van der Waals surface area contributed by atoms with Crippen molar-refractivity contribution in [3.63, 3.8) is 0 Å². The van der Waals surface area contributed by atoms with E-state index in [1.807, 2.05) is 24.3 Å². The molecule has 1 amide bonds. The maximum Gasteiger partial charge on any atom is 0.243 e. The van der Waals surface area contributed by atoms with Crippen LogP contribution in [0.3, 0.4) is 0 Å². The fourth-order valence-electron chi connectivity index (χ4n) is 3.14. The highest BCUT2D eigenvalue weighted by Crippen LogP contribution is 2.22. The van der Waals surface area contributed by atoms with Crippen LogP contribution in [0, 0.1) is 0 Å². The summed E-state index contributed by atoms with van der Waals surface area (Å²) < 4.78 is 37.2. The van der Waals surface area contributed by atoms with E-state index in [2.05, 4.69) is 5.32 Å². The highest BCUT2D eigenvalue weighted by atomic mass is 32.2. The molecule has 7 nitrogen and oxygen atoms in total. The van der Waals surface area contributed by atoms with Gasteiger partial charge in [0.25, 0.3) is 0 Å². The average Bonchev–Trinajstić information content (AvgIpc) is 3.28. The van der Waals surface area contributed by atoms with Gasteiger partial charge in [-0.15, -0.1) is 0 Å². The van der Waals surface area contributed by atoms with Crippen molar-refractivity contribution in [2.45, 2.75) is 24.2 Å². The highest BCUT2D eigenvalue weighted by Gasteiger charge is 2.26. The Morgan fingerprint density at radius 3 is 2.24 bits per heavy atom. The minimum Gasteiger partial charge on any atom is -0.497 e. The fourth-order valence-corrected chi connectivity index (χ4v) is 4.65. The minimum absolute atomic E-state index is 0.0918. The first kappa shape index (κ1) is 21.1. The van der Waals surface area contributed by atoms with E-state index in [9.17, 15) is 13.2 Å². The number of carbonyl (C=O) groups excluding carboxylic acids is 1. The molecule has 29 heavy (non-hydrogen) atoms. The first-order valence-electron chi connectivity index (χ1n) is 9.62. The Kier molecular flexibility index (Phi) is 7.11. The summed E-state index contributed by atoms with van der Waals surface area (Å²) in [7, 11) is -1.81. The zero-order valence-corrected chi connectivity index (χ0v) is 17.3. The smallest absolute Gasteiger partial charge is 0.243 e. The summed E-state index contributed by atoms with van der Waals surface area (Å²) >= 11 is 0. The number of nitrogens with zero attached hydrogens (tertiary/aromatic N) is 1. The molecule has 1 aliphatic heterocycles. The van der Waals surface area contributed by atoms with E-state index in [0.717, 1.165) is 24.2 Å². The summed E-state index contributed by atoms with van der Waals surface area (Å²) in [6, 6.07) is 13.7. The van der Waals surface area contributed by atoms with Crippen molar-refractivity contribution in [1.82, 2.24) is 9.62 Å². The van der Waals surface area contributed by atoms with Crippen molar-refractivity contribution in [3.8, 4) is 11.5 Å². The lowest BCUT2D eigenvalue weighted by Gasteiger charge is -2.15. The Morgan fingerprint density at radius 2 is 1.62 bits per heavy atom. The molecule has 8 heteroatoms. The molecule has 0 aliphatic carbocycles. The number of rotatable bonds is 9. The molecule has 0 bridgehead atoms. The number of hydrogen-bond donors (Lipinski definition) is 1. The number of ether oxygens (including phenoxy) is 2. The maximum atomic E-state index is 12.5. The molecule has 1 N–H and O–H groups in total. The van der Waals surface area contributed by atoms with Crippen molar-refractivity contribution in [2.24, 2.45) is 0 Å². The van der Waals surface area contributed by atoms with Crippen LogP contribution in [0.4, 0.5) is 0 Å². The first-order valence-corrected chi connectivity index (χ1v) is 11.1. The van der Waals surface area contributed by atoms with Gasteiger partial charge in [-0.1, -0.05) is 12.1 Å². The molecule has 0 aromatic heterocycles. The van der Waals surface area contributed by atoms with E-state index < -0.39 is 10.0 Å². The van der Waals surface area contributed by atoms with Gasteiger partial charge in [0.05, 0.1) is 25.0 Å². The summed E-state index contributed by atoms with van der Waals surface area (Å²) in [5.41, 5.74) is 0.902. The third-order valence-corrected chi connectivity index (χ3v) is 6.66. The molecule has 2 aromatic rings. The van der Waals surface area contributed by atoms with Gasteiger partial charge in [0.1, 0.15) is 18.1 Å². The van der Waals surface area contributed by atoms with Gasteiger partial charge in [0, 0.05) is 13.1 Å². The van der Waals surface area contributed by atoms with E-state index in [0.29, 0.717) is 32.0 Å². The van der Waals surface area contributed by atoms with Gasteiger partial charge in [-0.2, -0.15) is 4.31 Å². The number of methoxy groups -OCH3 is 1. The molecule has 1 fully saturated rings. The van der Waals surface area contributed by atoms with Crippen molar-refractivity contribution in [1.29, 1.82) is 0 Å². The summed E-state index contributed by atoms with van der Waals surface area (Å²) in [6.45, 7) is 1.82. The number of amides is 1. The molecule has 0 saturated carbocycles. The first-order chi connectivity index (χ1) is 14.0. The zero-order chi connectivity index (χ0) is 20.7. The van der Waals surface area contributed by atoms with Crippen molar-refractivity contribution < 1.29 is 22.7 Å². The van der Waals surface area contributed by atoms with E-state index in [4.69, 9.17) is 9.47 Å². The molecular formula is C21H26N2O5S. The van der Waals surface area contributed by atoms with Crippen molar-refractivity contribution in [2.75, 3.05) is 33.4 Å². The number of carbonyl (C=O) groups is 1. The van der Waals surface area contributed by atoms with Gasteiger partial charge >= 0.3 is 0 Å². The highest BCUT2D eigenvalue weighted by molar-refractivity contribution is 7.89. The Hall–Kier alpha value is -2.58. The van der Waals surface area contributed by atoms with Gasteiger partial charge in [0.2, 0.25) is 15.9 Å². The second kappa shape index (κ2) is 9.76. The monoisotopic (exact) mass is 418 g/mol. The third kappa shape index (κ3) is 5.71. The summed E-state index contributed by atoms with van der Waals surface area (Å²) in [6.07, 6.45) is 2.10. The van der Waals surface area contributed by atoms with Crippen LogP contribution in [0.5, 0.6) is 11.5 Å². The lowest BCUT2D eigenvalue weighted by Crippen LogP contribution is -2.29. The van der Waals surface area contributed by atoms with E-state index in [1.54, 1.807) is 31.4 Å². The summed E-state index contributed by atoms with van der Waals surface area (Å²) in [5.74, 6) is 1.22. The van der Waals surface area contributed by atoms with Crippen molar-refractivity contribution >= 4 is 15.9 Å². The molecule has 0 spiro atoms. The standard InChI is InChI=1S/C21H26N2O5S/c1-27-18-6-4-17(5-7-18)16-21(24)22-12-15-28-19-8-10-20(11-9-19)29(25,26)23-13-2-3-14-23/h4-11H,2-3,12-16H2,1H3,(H,22,24). The predicted octanol–water partition coefficient (Wildman–Crippen LogP) is 2.22. The lowest BCUT2D eigenvalue weighted by molar-refractivity contribution is -0.120. The third-order valence-electron chi connectivity index (χ3n) is 4.74. The molecule has 1 heterocycles. The molecular weight excluding hydrogens is 392 g/mol. The van der Waals surface area contributed by atoms with Crippen LogP contribution in [0.1, 0.15) is 18.4 Å². The van der Waals surface area contributed by atoms with Crippen LogP contribution >= 0.6 is 0 Å². The number of sulfonamides is 1. The SMILES string of the molecule is COc1ccc(CC(=O)NCCOc2ccc(S(=O)(=O)N3CCCC3)cc2)cc1. The Morgan fingerprint density at radius 1 is 1.00 bits per heavy atom. The second-order valence-electron chi connectivity index (χ2n) is 6.81. The van der Waals surface area contributed by atoms with Gasteiger partial charge in [0.15, 0.2) is 0 Å². The second-order valence-corrected chi connectivity index (χ2v) is 8.74. The quantitative estimate of drug-likeness (QED) is 0.631. The van der Waals surface area contributed by atoms with Crippen LogP contribution in [-0.4, -0.2) is 52.0 Å². The van der Waals surface area contributed by atoms with Gasteiger partial charge in [-0.3, -0.25) is 4.79 Å². The summed E-state index contributed by atoms with van der Waals surface area (Å²) in [5, 5.41) is 2.80. The van der Waals surface area contributed by atoms with E-state index >= 15 is 0 Å². The van der Waals surface area contributed by atoms with Gasteiger partial charge in [-0.25, -0.2) is 8.42 Å². The van der Waals surface area contributed by atoms with Crippen LogP contribution < -0.4 is 14.8 Å². The van der Waals surface area contributed by atoms with Gasteiger partial charge < -0.3 is 14.8 Å². The molecule has 0 radical (unpaired) electrons. The van der Waals surface area contributed by atoms with Crippen LogP contribution in [0.15, 0.2) is 53.4 Å². The molecule has 3 rings (SSSR count). The summed E-state index contributed by atoms with van der Waals surface area (Å²) in [4.78, 5) is 12.3. The fraction of sp³-hybridized carbons (Fsp3) is 0.381. The average molecular weight is 419 g/mol. The Balaban J connectivity index is 1.41. The van der Waals surface area contributed by atoms with Crippen LogP contribution in [0.25, 0.3) is 0 Å². The van der Waals surface area contributed by atoms with Crippen molar-refractivity contribution in [3.05, 3.63) is 54.1 Å². The molecule has 1 saturated heterocycles. The molecule has 156 valence electrons. The normalized spacial score (nSPS) is 14.5. The van der Waals surface area contributed by atoms with Crippen LogP contribution in [0.2, 0.25) is 0 Å². The minimum atomic E-state index is -3.41. The Labute approximate surface area is 171 Å². The maximum absolute atomic E-state index is 12.5. The predicted molar refractivity (Wildman–Crippen MR) is 110 cm³/mol.